The fourth-order valence-corrected chi connectivity index (χ4v) is 11.0. The van der Waals surface area contributed by atoms with Crippen molar-refractivity contribution in [2.75, 3.05) is 0 Å². The molecule has 0 bridgehead atoms. The first kappa shape index (κ1) is 27.8. The Morgan fingerprint density at radius 2 is 0.863 bits per heavy atom. The van der Waals surface area contributed by atoms with Gasteiger partial charge in [0.15, 0.2) is 0 Å². The summed E-state index contributed by atoms with van der Waals surface area (Å²) in [6.45, 7) is 0. The van der Waals surface area contributed by atoms with Crippen molar-refractivity contribution in [1.29, 1.82) is 0 Å². The molecule has 0 spiro atoms. The molecular weight excluding hydrogens is 657 g/mol. The van der Waals surface area contributed by atoms with Gasteiger partial charge < -0.3 is 4.42 Å². The molecule has 236 valence electrons. The van der Waals surface area contributed by atoms with Crippen LogP contribution in [0.4, 0.5) is 0 Å². The van der Waals surface area contributed by atoms with Crippen LogP contribution in [0.2, 0.25) is 0 Å². The third-order valence-electron chi connectivity index (χ3n) is 10.8. The summed E-state index contributed by atoms with van der Waals surface area (Å²) in [5.74, 6) is 0. The largest absolute Gasteiger partial charge is 0.456 e. The third kappa shape index (κ3) is 3.90. The lowest BCUT2D eigenvalue weighted by Crippen LogP contribution is -1.90. The van der Waals surface area contributed by atoms with Crippen molar-refractivity contribution < 1.29 is 4.42 Å². The van der Waals surface area contributed by atoms with Crippen LogP contribution in [0.15, 0.2) is 162 Å². The minimum Gasteiger partial charge on any atom is -0.456 e. The van der Waals surface area contributed by atoms with E-state index < -0.39 is 0 Å². The molecule has 0 saturated heterocycles. The second-order valence-corrected chi connectivity index (χ2v) is 15.7. The van der Waals surface area contributed by atoms with Crippen LogP contribution < -0.4 is 0 Å². The van der Waals surface area contributed by atoms with Gasteiger partial charge in [0, 0.05) is 51.1 Å². The SMILES string of the molecule is c1ccc2c(c1)ccc1sc3cc4sc5cc(-c6c7ccccc7c(-c7ccc8c(c7)oc7ccccc78)c7ccccc67)ccc5c4cc3c12. The fraction of sp³-hybridized carbons (Fsp3) is 0. The molecule has 3 aromatic heterocycles. The van der Waals surface area contributed by atoms with Gasteiger partial charge in [-0.1, -0.05) is 115 Å². The molecule has 3 heterocycles. The molecule has 12 aromatic rings. The predicted molar refractivity (Wildman–Crippen MR) is 223 cm³/mol. The molecule has 0 saturated carbocycles. The van der Waals surface area contributed by atoms with E-state index in [1.54, 1.807) is 0 Å². The highest BCUT2D eigenvalue weighted by Gasteiger charge is 2.19. The van der Waals surface area contributed by atoms with Gasteiger partial charge in [-0.3, -0.25) is 0 Å². The van der Waals surface area contributed by atoms with E-state index in [9.17, 15) is 0 Å². The molecule has 51 heavy (non-hydrogen) atoms. The van der Waals surface area contributed by atoms with Crippen LogP contribution in [-0.2, 0) is 0 Å². The Morgan fingerprint density at radius 1 is 0.314 bits per heavy atom. The quantitative estimate of drug-likeness (QED) is 0.165. The first-order valence-corrected chi connectivity index (χ1v) is 19.0. The van der Waals surface area contributed by atoms with Crippen LogP contribution in [0.25, 0.3) is 117 Å². The molecule has 1 nitrogen and oxygen atoms in total. The van der Waals surface area contributed by atoms with E-state index in [0.29, 0.717) is 0 Å². The van der Waals surface area contributed by atoms with E-state index >= 15 is 0 Å². The number of furan rings is 1. The van der Waals surface area contributed by atoms with Crippen LogP contribution >= 0.6 is 22.7 Å². The van der Waals surface area contributed by atoms with Crippen molar-refractivity contribution in [2.45, 2.75) is 0 Å². The normalized spacial score (nSPS) is 12.3. The van der Waals surface area contributed by atoms with Gasteiger partial charge in [-0.25, -0.2) is 0 Å². The summed E-state index contributed by atoms with van der Waals surface area (Å²) in [5, 5.41) is 15.4. The molecule has 12 rings (SSSR count). The Bertz CT molecular complexity index is 3370. The van der Waals surface area contributed by atoms with Crippen molar-refractivity contribution in [3.63, 3.8) is 0 Å². The molecule has 0 unspecified atom stereocenters. The van der Waals surface area contributed by atoms with Gasteiger partial charge in [0.25, 0.3) is 0 Å². The number of benzene rings is 9. The Morgan fingerprint density at radius 3 is 1.61 bits per heavy atom. The summed E-state index contributed by atoms with van der Waals surface area (Å²) in [4.78, 5) is 0. The zero-order chi connectivity index (χ0) is 33.2. The lowest BCUT2D eigenvalue weighted by Gasteiger charge is -2.17. The molecule has 3 heteroatoms. The number of rotatable bonds is 2. The van der Waals surface area contributed by atoms with Gasteiger partial charge in [0.1, 0.15) is 11.2 Å². The predicted octanol–water partition coefficient (Wildman–Crippen LogP) is 15.1. The molecule has 0 fully saturated rings. The molecule has 0 amide bonds. The Hall–Kier alpha value is -6.00. The highest BCUT2D eigenvalue weighted by molar-refractivity contribution is 7.28. The minimum absolute atomic E-state index is 0.919. The second-order valence-electron chi connectivity index (χ2n) is 13.6. The fourth-order valence-electron chi connectivity index (χ4n) is 8.60. The van der Waals surface area contributed by atoms with Crippen LogP contribution in [0, 0.1) is 0 Å². The summed E-state index contributed by atoms with van der Waals surface area (Å²) in [6.07, 6.45) is 0. The maximum Gasteiger partial charge on any atom is 0.136 e. The molecule has 0 N–H and O–H groups in total. The van der Waals surface area contributed by atoms with E-state index in [2.05, 4.69) is 152 Å². The van der Waals surface area contributed by atoms with Crippen LogP contribution in [0.1, 0.15) is 0 Å². The third-order valence-corrected chi connectivity index (χ3v) is 13.1. The maximum absolute atomic E-state index is 6.36. The summed E-state index contributed by atoms with van der Waals surface area (Å²) in [5.41, 5.74) is 6.79. The van der Waals surface area contributed by atoms with Crippen molar-refractivity contribution >= 4 is 117 Å². The van der Waals surface area contributed by atoms with Gasteiger partial charge in [0.2, 0.25) is 0 Å². The van der Waals surface area contributed by atoms with Gasteiger partial charge in [-0.05, 0) is 97.0 Å². The number of hydrogen-bond acceptors (Lipinski definition) is 3. The van der Waals surface area contributed by atoms with Gasteiger partial charge in [-0.15, -0.1) is 22.7 Å². The highest BCUT2D eigenvalue weighted by Crippen LogP contribution is 2.48. The average molecular weight is 683 g/mol. The smallest absolute Gasteiger partial charge is 0.136 e. The van der Waals surface area contributed by atoms with Crippen molar-refractivity contribution in [2.24, 2.45) is 0 Å². The van der Waals surface area contributed by atoms with Crippen LogP contribution in [0.5, 0.6) is 0 Å². The van der Waals surface area contributed by atoms with E-state index in [4.69, 9.17) is 4.42 Å². The summed E-state index contributed by atoms with van der Waals surface area (Å²) < 4.78 is 11.7. The molecule has 0 aliphatic carbocycles. The number of fused-ring (bicyclic) bond motifs is 13. The molecule has 9 aromatic carbocycles. The first-order chi connectivity index (χ1) is 25.3. The zero-order valence-corrected chi connectivity index (χ0v) is 28.9. The average Bonchev–Trinajstić information content (AvgIpc) is 3.85. The summed E-state index contributed by atoms with van der Waals surface area (Å²) >= 11 is 3.81. The Kier molecular flexibility index (Phi) is 5.59. The minimum atomic E-state index is 0.919. The van der Waals surface area contributed by atoms with E-state index in [0.717, 1.165) is 21.9 Å². The Labute approximate surface area is 300 Å². The van der Waals surface area contributed by atoms with Crippen molar-refractivity contribution in [3.05, 3.63) is 158 Å². The summed E-state index contributed by atoms with van der Waals surface area (Å²) in [7, 11) is 0. The molecule has 0 aliphatic rings. The number of para-hydroxylation sites is 1. The number of thiophene rings is 2. The van der Waals surface area contributed by atoms with E-state index in [-0.39, 0.29) is 0 Å². The standard InChI is InChI=1S/C48H26OS2/c1-2-10-30-27(9-1)19-22-42-48(30)39-25-38-33-21-18-29(24-43(33)51-44(38)26-45(39)50-42)47-36-14-5-3-12-34(36)46(35-13-4-6-15-37(35)47)28-17-20-32-31-11-7-8-16-40(31)49-41(32)23-28/h1-26H. The van der Waals surface area contributed by atoms with Gasteiger partial charge in [0.05, 0.1) is 0 Å². The van der Waals surface area contributed by atoms with Gasteiger partial charge >= 0.3 is 0 Å². The second kappa shape index (κ2) is 10.3. The van der Waals surface area contributed by atoms with E-state index in [1.807, 2.05) is 28.7 Å². The van der Waals surface area contributed by atoms with Crippen LogP contribution in [0.3, 0.4) is 0 Å². The maximum atomic E-state index is 6.36. The highest BCUT2D eigenvalue weighted by atomic mass is 32.1. The lowest BCUT2D eigenvalue weighted by molar-refractivity contribution is 0.669. The Balaban J connectivity index is 1.09. The monoisotopic (exact) mass is 682 g/mol. The topological polar surface area (TPSA) is 13.1 Å². The van der Waals surface area contributed by atoms with Crippen molar-refractivity contribution in [3.8, 4) is 22.3 Å². The lowest BCUT2D eigenvalue weighted by atomic mass is 9.85. The first-order valence-electron chi connectivity index (χ1n) is 17.3. The summed E-state index contributed by atoms with van der Waals surface area (Å²) in [6, 6.07) is 58.1. The molecule has 0 atom stereocenters. The molecule has 0 radical (unpaired) electrons. The van der Waals surface area contributed by atoms with Gasteiger partial charge in [-0.2, -0.15) is 0 Å². The molecular formula is C48H26OS2. The molecule has 0 aliphatic heterocycles. The zero-order valence-electron chi connectivity index (χ0n) is 27.2. The van der Waals surface area contributed by atoms with Crippen molar-refractivity contribution in [1.82, 2.24) is 0 Å². The number of hydrogen-bond donors (Lipinski definition) is 0. The van der Waals surface area contributed by atoms with E-state index in [1.165, 1.54) is 94.9 Å². The van der Waals surface area contributed by atoms with Crippen LogP contribution in [-0.4, -0.2) is 0 Å².